The first-order valence-electron chi connectivity index (χ1n) is 18.1. The fourth-order valence-corrected chi connectivity index (χ4v) is 8.10. The summed E-state index contributed by atoms with van der Waals surface area (Å²) in [5.41, 5.74) is 6.36. The van der Waals surface area contributed by atoms with Crippen LogP contribution in [0.25, 0.3) is 22.0 Å². The van der Waals surface area contributed by atoms with E-state index in [-0.39, 0.29) is 50.2 Å². The van der Waals surface area contributed by atoms with Crippen molar-refractivity contribution in [3.63, 3.8) is 0 Å². The van der Waals surface area contributed by atoms with Crippen LogP contribution in [0.4, 0.5) is 4.79 Å². The van der Waals surface area contributed by atoms with Gasteiger partial charge >= 0.3 is 6.03 Å². The lowest BCUT2D eigenvalue weighted by atomic mass is 9.97. The van der Waals surface area contributed by atoms with Crippen LogP contribution < -0.4 is 5.32 Å². The first kappa shape index (κ1) is 33.3. The van der Waals surface area contributed by atoms with Gasteiger partial charge in [0.25, 0.3) is 0 Å². The molecule has 4 amide bonds. The van der Waals surface area contributed by atoms with Crippen molar-refractivity contribution in [3.8, 4) is 17.0 Å². The molecule has 3 aliphatic heterocycles. The number of nitrogens with one attached hydrogen (secondary N) is 1. The zero-order chi connectivity index (χ0) is 36.8. The summed E-state index contributed by atoms with van der Waals surface area (Å²) in [5, 5.41) is 27.5. The molecule has 5 aromatic carbocycles. The maximum Gasteiger partial charge on any atom is 0.334 e. The smallest absolute Gasteiger partial charge is 0.334 e. The Bertz CT molecular complexity index is 2370. The molecule has 0 saturated carbocycles. The van der Waals surface area contributed by atoms with Crippen molar-refractivity contribution in [2.45, 2.75) is 44.8 Å². The van der Waals surface area contributed by atoms with Crippen molar-refractivity contribution in [1.29, 1.82) is 0 Å². The molecule has 0 aliphatic carbocycles. The number of nitrogens with zero attached hydrogens (tertiary/aromatic N) is 7. The first-order chi connectivity index (χ1) is 26.4. The van der Waals surface area contributed by atoms with Gasteiger partial charge in [0.1, 0.15) is 23.7 Å². The number of phenols is 1. The molecular formula is C42H38N8O4. The molecule has 2 N–H and O–H groups in total. The van der Waals surface area contributed by atoms with Crippen molar-refractivity contribution < 1.29 is 19.5 Å². The summed E-state index contributed by atoms with van der Waals surface area (Å²) < 4.78 is 1.86. The second-order valence-electron chi connectivity index (χ2n) is 14.0. The predicted molar refractivity (Wildman–Crippen MR) is 201 cm³/mol. The lowest BCUT2D eigenvalue weighted by Gasteiger charge is -2.55. The number of benzene rings is 5. The zero-order valence-electron chi connectivity index (χ0n) is 29.5. The van der Waals surface area contributed by atoms with Crippen LogP contribution in [-0.4, -0.2) is 83.1 Å². The largest absolute Gasteiger partial charge is 0.508 e. The summed E-state index contributed by atoms with van der Waals surface area (Å²) in [4.78, 5) is 47.1. The third-order valence-corrected chi connectivity index (χ3v) is 10.7. The Morgan fingerprint density at radius 1 is 0.796 bits per heavy atom. The number of hydrogen-bond donors (Lipinski definition) is 2. The van der Waals surface area contributed by atoms with Crippen molar-refractivity contribution in [1.82, 2.24) is 40.1 Å². The third-order valence-electron chi connectivity index (χ3n) is 10.7. The molecule has 270 valence electrons. The summed E-state index contributed by atoms with van der Waals surface area (Å²) in [6, 6.07) is 37.2. The Morgan fingerprint density at radius 2 is 1.56 bits per heavy atom. The summed E-state index contributed by atoms with van der Waals surface area (Å²) in [6.07, 6.45) is -0.616. The number of rotatable bonds is 8. The third kappa shape index (κ3) is 6.09. The highest BCUT2D eigenvalue weighted by atomic mass is 16.3. The second-order valence-corrected chi connectivity index (χ2v) is 14.0. The van der Waals surface area contributed by atoms with Crippen molar-refractivity contribution in [2.24, 2.45) is 0 Å². The van der Waals surface area contributed by atoms with Gasteiger partial charge in [-0.05, 0) is 45.2 Å². The number of carbonyl (C=O) groups excluding carboxylic acids is 3. The van der Waals surface area contributed by atoms with Crippen LogP contribution in [0.15, 0.2) is 121 Å². The fraction of sp³-hybridized carbons (Fsp3) is 0.214. The number of amides is 4. The van der Waals surface area contributed by atoms with Crippen LogP contribution in [0.1, 0.15) is 27.9 Å². The Hall–Kier alpha value is -6.53. The van der Waals surface area contributed by atoms with E-state index in [9.17, 15) is 19.5 Å². The highest BCUT2D eigenvalue weighted by molar-refractivity contribution is 5.92. The molecule has 12 heteroatoms. The van der Waals surface area contributed by atoms with E-state index in [4.69, 9.17) is 0 Å². The summed E-state index contributed by atoms with van der Waals surface area (Å²) in [6.45, 7) is 1.26. The minimum atomic E-state index is -0.896. The summed E-state index contributed by atoms with van der Waals surface area (Å²) in [5.74, 6) is -0.359. The number of aromatic hydroxyl groups is 1. The Morgan fingerprint density at radius 3 is 2.41 bits per heavy atom. The van der Waals surface area contributed by atoms with Crippen LogP contribution in [0, 0.1) is 0 Å². The van der Waals surface area contributed by atoms with E-state index in [2.05, 4.69) is 21.7 Å². The minimum Gasteiger partial charge on any atom is -0.508 e. The van der Waals surface area contributed by atoms with E-state index >= 15 is 0 Å². The van der Waals surface area contributed by atoms with Crippen LogP contribution in [0.3, 0.4) is 0 Å². The molecule has 0 unspecified atom stereocenters. The summed E-state index contributed by atoms with van der Waals surface area (Å²) >= 11 is 0. The quantitative estimate of drug-likeness (QED) is 0.229. The van der Waals surface area contributed by atoms with Crippen molar-refractivity contribution >= 4 is 28.6 Å². The molecular weight excluding hydrogens is 681 g/mol. The lowest BCUT2D eigenvalue weighted by Crippen LogP contribution is -2.76. The molecule has 1 aromatic heterocycles. The zero-order valence-corrected chi connectivity index (χ0v) is 29.5. The molecule has 6 aromatic rings. The molecule has 4 heterocycles. The van der Waals surface area contributed by atoms with Gasteiger partial charge in [0.2, 0.25) is 11.8 Å². The number of piperazine rings is 1. The molecule has 2 atom stereocenters. The molecule has 54 heavy (non-hydrogen) atoms. The predicted octanol–water partition coefficient (Wildman–Crippen LogP) is 4.92. The molecule has 9 rings (SSSR count). The van der Waals surface area contributed by atoms with Crippen molar-refractivity contribution in [3.05, 3.63) is 149 Å². The Balaban J connectivity index is 1.11. The van der Waals surface area contributed by atoms with Crippen LogP contribution in [0.5, 0.6) is 5.75 Å². The van der Waals surface area contributed by atoms with E-state index < -0.39 is 18.2 Å². The molecule has 0 spiro atoms. The Labute approximate surface area is 311 Å². The maximum atomic E-state index is 14.6. The van der Waals surface area contributed by atoms with Crippen molar-refractivity contribution in [2.75, 3.05) is 13.1 Å². The van der Waals surface area contributed by atoms with Crippen LogP contribution >= 0.6 is 0 Å². The molecule has 2 fully saturated rings. The van der Waals surface area contributed by atoms with Gasteiger partial charge in [-0.1, -0.05) is 114 Å². The van der Waals surface area contributed by atoms with Crippen LogP contribution in [0.2, 0.25) is 0 Å². The molecule has 0 radical (unpaired) electrons. The number of urea groups is 1. The maximum absolute atomic E-state index is 14.6. The average Bonchev–Trinajstić information content (AvgIpc) is 3.76. The van der Waals surface area contributed by atoms with E-state index in [1.807, 2.05) is 95.7 Å². The average molecular weight is 719 g/mol. The number of aromatic nitrogens is 3. The van der Waals surface area contributed by atoms with Crippen LogP contribution in [-0.2, 0) is 42.2 Å². The fourth-order valence-electron chi connectivity index (χ4n) is 8.10. The molecule has 2 saturated heterocycles. The standard InChI is InChI=1S/C42H38N8O4/c51-33-19-17-28(18-20-33)21-37-41(53)46(23-31-14-8-13-30-11-4-6-15-34(30)31)26-38-49(37)39(52)27-47(50(38)42(54)43-22-29-9-2-1-3-10-29)25-36-40-35-16-7-5-12-32(35)24-48(40)45-44-36/h1-20,37-38,51H,21-27H2,(H,43,54)/t37-,38-/m0/s1. The SMILES string of the molecule is O=C1[C@H](Cc2ccc(O)cc2)N2C(=O)CN(Cc3nnn4c3-c3ccccc3C4)N(C(=O)NCc3ccccc3)[C@H]2CN1Cc1cccc2ccccc12. The topological polar surface area (TPSA) is 127 Å². The van der Waals surface area contributed by atoms with E-state index in [1.54, 1.807) is 44.1 Å². The van der Waals surface area contributed by atoms with E-state index in [0.29, 0.717) is 18.8 Å². The Kier molecular flexibility index (Phi) is 8.51. The number of fused-ring (bicyclic) bond motifs is 5. The van der Waals surface area contributed by atoms with Gasteiger partial charge in [-0.2, -0.15) is 5.01 Å². The highest BCUT2D eigenvalue weighted by Gasteiger charge is 2.51. The lowest BCUT2D eigenvalue weighted by molar-refractivity contribution is -0.192. The van der Waals surface area contributed by atoms with Gasteiger partial charge < -0.3 is 20.2 Å². The summed E-state index contributed by atoms with van der Waals surface area (Å²) in [7, 11) is 0. The first-order valence-corrected chi connectivity index (χ1v) is 18.1. The van der Waals surface area contributed by atoms with Gasteiger partial charge in [-0.3, -0.25) is 9.59 Å². The second kappa shape index (κ2) is 13.8. The number of hydrazine groups is 1. The highest BCUT2D eigenvalue weighted by Crippen LogP contribution is 2.36. The van der Waals surface area contributed by atoms with Gasteiger partial charge in [-0.15, -0.1) is 5.10 Å². The van der Waals surface area contributed by atoms with Gasteiger partial charge in [0, 0.05) is 25.1 Å². The monoisotopic (exact) mass is 718 g/mol. The molecule has 0 bridgehead atoms. The number of hydrogen-bond acceptors (Lipinski definition) is 7. The van der Waals surface area contributed by atoms with E-state index in [0.717, 1.165) is 44.3 Å². The van der Waals surface area contributed by atoms with Gasteiger partial charge in [-0.25, -0.2) is 14.5 Å². The number of carbonyl (C=O) groups is 3. The molecule has 12 nitrogen and oxygen atoms in total. The van der Waals surface area contributed by atoms with Gasteiger partial charge in [0.05, 0.1) is 31.9 Å². The normalized spacial score (nSPS) is 18.1. The minimum absolute atomic E-state index is 0.0948. The number of phenolic OH excluding ortho intramolecular Hbond substituents is 1. The van der Waals surface area contributed by atoms with Gasteiger partial charge in [0.15, 0.2) is 0 Å². The molecule has 3 aliphatic rings. The van der Waals surface area contributed by atoms with E-state index in [1.165, 1.54) is 0 Å².